The lowest BCUT2D eigenvalue weighted by Crippen LogP contribution is -1.90. The van der Waals surface area contributed by atoms with Gasteiger partial charge in [-0.2, -0.15) is 0 Å². The highest BCUT2D eigenvalue weighted by atomic mass is 79.9. The maximum Gasteiger partial charge on any atom is 0.173 e. The Bertz CT molecular complexity index is 237. The molecule has 54 valence electrons. The van der Waals surface area contributed by atoms with Crippen LogP contribution in [0, 0.1) is 0 Å². The maximum absolute atomic E-state index is 9.12. The number of nitrogen functional groups attached to an aromatic ring is 1. The molecular formula is C5H4Br2N2O. The van der Waals surface area contributed by atoms with Gasteiger partial charge in [0.2, 0.25) is 0 Å². The van der Waals surface area contributed by atoms with Gasteiger partial charge in [-0.1, -0.05) is 0 Å². The van der Waals surface area contributed by atoms with Crippen LogP contribution in [0.25, 0.3) is 0 Å². The van der Waals surface area contributed by atoms with E-state index in [1.54, 1.807) is 0 Å². The van der Waals surface area contributed by atoms with E-state index >= 15 is 0 Å². The molecule has 3 N–H and O–H groups in total. The monoisotopic (exact) mass is 266 g/mol. The Morgan fingerprint density at radius 2 is 2.10 bits per heavy atom. The Balaban J connectivity index is 3.34. The van der Waals surface area contributed by atoms with Crippen LogP contribution in [0.4, 0.5) is 5.82 Å². The molecule has 0 aromatic carbocycles. The van der Waals surface area contributed by atoms with Crippen LogP contribution in [-0.4, -0.2) is 10.1 Å². The summed E-state index contributed by atoms with van der Waals surface area (Å²) in [5.74, 6) is 0.0875. The highest BCUT2D eigenvalue weighted by molar-refractivity contribution is 9.13. The van der Waals surface area contributed by atoms with E-state index in [4.69, 9.17) is 10.8 Å². The minimum atomic E-state index is -0.0330. The summed E-state index contributed by atoms with van der Waals surface area (Å²) in [5.41, 5.74) is 5.28. The molecule has 0 amide bonds. The second-order valence-corrected chi connectivity index (χ2v) is 3.30. The molecule has 0 bridgehead atoms. The summed E-state index contributed by atoms with van der Waals surface area (Å²) in [6.45, 7) is 0. The van der Waals surface area contributed by atoms with Crippen LogP contribution in [-0.2, 0) is 0 Å². The summed E-state index contributed by atoms with van der Waals surface area (Å²) >= 11 is 6.27. The van der Waals surface area contributed by atoms with Crippen molar-refractivity contribution in [3.05, 3.63) is 15.1 Å². The molecule has 0 aliphatic rings. The van der Waals surface area contributed by atoms with Gasteiger partial charge in [-0.15, -0.1) is 0 Å². The van der Waals surface area contributed by atoms with Crippen molar-refractivity contribution >= 4 is 37.7 Å². The fraction of sp³-hybridized carbons (Fsp3) is 0. The molecule has 0 fully saturated rings. The topological polar surface area (TPSA) is 59.1 Å². The number of nitrogens with two attached hydrogens (primary N) is 1. The van der Waals surface area contributed by atoms with E-state index < -0.39 is 0 Å². The van der Waals surface area contributed by atoms with E-state index in [0.29, 0.717) is 8.95 Å². The molecule has 0 aliphatic carbocycles. The van der Waals surface area contributed by atoms with Crippen molar-refractivity contribution in [3.8, 4) is 5.75 Å². The van der Waals surface area contributed by atoms with Gasteiger partial charge in [-0.3, -0.25) is 0 Å². The molecule has 10 heavy (non-hydrogen) atoms. The number of halogens is 2. The SMILES string of the molecule is Nc1ncc(Br)c(Br)c1O. The largest absolute Gasteiger partial charge is 0.503 e. The molecule has 1 aromatic rings. The van der Waals surface area contributed by atoms with Gasteiger partial charge in [0.1, 0.15) is 0 Å². The fourth-order valence-corrected chi connectivity index (χ4v) is 1.07. The summed E-state index contributed by atoms with van der Waals surface area (Å²) in [4.78, 5) is 3.69. The van der Waals surface area contributed by atoms with E-state index in [-0.39, 0.29) is 11.6 Å². The summed E-state index contributed by atoms with van der Waals surface area (Å²) < 4.78 is 1.21. The van der Waals surface area contributed by atoms with Crippen LogP contribution in [0.3, 0.4) is 0 Å². The van der Waals surface area contributed by atoms with Crippen LogP contribution in [0.5, 0.6) is 5.75 Å². The lowest BCUT2D eigenvalue weighted by molar-refractivity contribution is 0.472. The zero-order valence-corrected chi connectivity index (χ0v) is 7.98. The van der Waals surface area contributed by atoms with Crippen LogP contribution in [0.2, 0.25) is 0 Å². The molecule has 1 heterocycles. The Morgan fingerprint density at radius 1 is 1.50 bits per heavy atom. The van der Waals surface area contributed by atoms with Crippen molar-refractivity contribution in [2.24, 2.45) is 0 Å². The minimum absolute atomic E-state index is 0.0330. The smallest absolute Gasteiger partial charge is 0.173 e. The van der Waals surface area contributed by atoms with Crippen LogP contribution < -0.4 is 5.73 Å². The molecule has 5 heteroatoms. The molecular weight excluding hydrogens is 264 g/mol. The molecule has 0 aliphatic heterocycles. The lowest BCUT2D eigenvalue weighted by Gasteiger charge is -2.00. The lowest BCUT2D eigenvalue weighted by atomic mass is 10.4. The third-order valence-electron chi connectivity index (χ3n) is 0.977. The summed E-state index contributed by atoms with van der Waals surface area (Å²) in [6, 6.07) is 0. The van der Waals surface area contributed by atoms with Crippen molar-refractivity contribution in [3.63, 3.8) is 0 Å². The second kappa shape index (κ2) is 2.75. The molecule has 0 saturated carbocycles. The van der Waals surface area contributed by atoms with Gasteiger partial charge in [0.25, 0.3) is 0 Å². The first-order chi connectivity index (χ1) is 4.63. The van der Waals surface area contributed by atoms with Crippen molar-refractivity contribution in [2.75, 3.05) is 5.73 Å². The van der Waals surface area contributed by atoms with Crippen molar-refractivity contribution in [2.45, 2.75) is 0 Å². The number of pyridine rings is 1. The molecule has 1 rings (SSSR count). The second-order valence-electron chi connectivity index (χ2n) is 1.65. The number of anilines is 1. The normalized spacial score (nSPS) is 9.80. The van der Waals surface area contributed by atoms with Gasteiger partial charge >= 0.3 is 0 Å². The average molecular weight is 268 g/mol. The maximum atomic E-state index is 9.12. The zero-order valence-electron chi connectivity index (χ0n) is 4.81. The Morgan fingerprint density at radius 3 is 2.60 bits per heavy atom. The predicted octanol–water partition coefficient (Wildman–Crippen LogP) is 1.89. The number of aromatic hydroxyl groups is 1. The molecule has 0 radical (unpaired) electrons. The first-order valence-electron chi connectivity index (χ1n) is 2.41. The van der Waals surface area contributed by atoms with E-state index in [0.717, 1.165) is 0 Å². The third kappa shape index (κ3) is 1.24. The molecule has 0 spiro atoms. The minimum Gasteiger partial charge on any atom is -0.503 e. The van der Waals surface area contributed by atoms with Crippen LogP contribution in [0.1, 0.15) is 0 Å². The van der Waals surface area contributed by atoms with Gasteiger partial charge in [-0.05, 0) is 31.9 Å². The molecule has 1 aromatic heterocycles. The summed E-state index contributed by atoms with van der Waals surface area (Å²) in [7, 11) is 0. The van der Waals surface area contributed by atoms with Gasteiger partial charge in [0, 0.05) is 6.20 Å². The summed E-state index contributed by atoms with van der Waals surface area (Å²) in [5, 5.41) is 9.12. The molecule has 3 nitrogen and oxygen atoms in total. The Hall–Kier alpha value is -0.290. The number of aromatic nitrogens is 1. The number of nitrogens with zero attached hydrogens (tertiary/aromatic N) is 1. The zero-order chi connectivity index (χ0) is 7.72. The van der Waals surface area contributed by atoms with E-state index in [2.05, 4.69) is 36.8 Å². The Kier molecular flexibility index (Phi) is 2.15. The standard InChI is InChI=1S/C5H4Br2N2O/c6-2-1-9-5(8)4(10)3(2)7/h1,10H,(H2,8,9). The first-order valence-corrected chi connectivity index (χ1v) is 4.00. The molecule has 0 saturated heterocycles. The van der Waals surface area contributed by atoms with Crippen molar-refractivity contribution in [1.29, 1.82) is 0 Å². The highest BCUT2D eigenvalue weighted by Crippen LogP contribution is 2.33. The van der Waals surface area contributed by atoms with Gasteiger partial charge < -0.3 is 10.8 Å². The van der Waals surface area contributed by atoms with Crippen molar-refractivity contribution in [1.82, 2.24) is 4.98 Å². The van der Waals surface area contributed by atoms with Gasteiger partial charge in [-0.25, -0.2) is 4.98 Å². The number of hydrogen-bond donors (Lipinski definition) is 2. The molecule has 0 atom stereocenters. The first kappa shape index (κ1) is 7.81. The van der Waals surface area contributed by atoms with E-state index in [1.165, 1.54) is 6.20 Å². The van der Waals surface area contributed by atoms with Gasteiger partial charge in [0.15, 0.2) is 11.6 Å². The van der Waals surface area contributed by atoms with Gasteiger partial charge in [0.05, 0.1) is 8.95 Å². The molecule has 0 unspecified atom stereocenters. The predicted molar refractivity (Wildman–Crippen MR) is 45.7 cm³/mol. The Labute approximate surface area is 74.5 Å². The fourth-order valence-electron chi connectivity index (χ4n) is 0.470. The van der Waals surface area contributed by atoms with E-state index in [1.807, 2.05) is 0 Å². The van der Waals surface area contributed by atoms with Crippen LogP contribution in [0.15, 0.2) is 15.1 Å². The average Bonchev–Trinajstić information content (AvgIpc) is 1.93. The van der Waals surface area contributed by atoms with E-state index in [9.17, 15) is 0 Å². The quantitative estimate of drug-likeness (QED) is 0.755. The number of rotatable bonds is 0. The van der Waals surface area contributed by atoms with Crippen molar-refractivity contribution < 1.29 is 5.11 Å². The highest BCUT2D eigenvalue weighted by Gasteiger charge is 2.06. The summed E-state index contributed by atoms with van der Waals surface area (Å²) in [6.07, 6.45) is 1.51. The van der Waals surface area contributed by atoms with Crippen LogP contribution >= 0.6 is 31.9 Å². The number of hydrogen-bond acceptors (Lipinski definition) is 3. The third-order valence-corrected chi connectivity index (χ3v) is 2.91.